The normalized spacial score (nSPS) is 18.9. The van der Waals surface area contributed by atoms with E-state index in [9.17, 15) is 9.59 Å². The minimum Gasteiger partial charge on any atom is -0.493 e. The van der Waals surface area contributed by atoms with Crippen LogP contribution in [0.15, 0.2) is 35.3 Å². The number of carbonyl (C=O) groups is 1. The van der Waals surface area contributed by atoms with Crippen LogP contribution in [0, 0.1) is 5.41 Å². The Morgan fingerprint density at radius 1 is 1.21 bits per heavy atom. The van der Waals surface area contributed by atoms with Crippen molar-refractivity contribution in [3.63, 3.8) is 0 Å². The first kappa shape index (κ1) is 23.3. The molecule has 1 aliphatic heterocycles. The number of nitrogens with one attached hydrogen (secondary N) is 1. The van der Waals surface area contributed by atoms with E-state index < -0.39 is 0 Å². The molecule has 1 fully saturated rings. The molecule has 2 aromatic heterocycles. The van der Waals surface area contributed by atoms with Crippen LogP contribution in [0.5, 0.6) is 11.5 Å². The van der Waals surface area contributed by atoms with Crippen LogP contribution in [-0.2, 0) is 18.4 Å². The third-order valence-electron chi connectivity index (χ3n) is 6.53. The van der Waals surface area contributed by atoms with E-state index in [-0.39, 0.29) is 16.9 Å². The Morgan fingerprint density at radius 2 is 1.97 bits per heavy atom. The number of benzene rings is 1. The number of thiophene rings is 1. The molecule has 7 nitrogen and oxygen atoms in total. The molecule has 3 aromatic rings. The van der Waals surface area contributed by atoms with E-state index in [2.05, 4.69) is 10.2 Å². The largest absolute Gasteiger partial charge is 0.493 e. The van der Waals surface area contributed by atoms with Crippen LogP contribution in [0.3, 0.4) is 0 Å². The van der Waals surface area contributed by atoms with E-state index in [1.807, 2.05) is 37.4 Å². The molecule has 0 aliphatic carbocycles. The number of likely N-dealkylation sites (tertiary alicyclic amines) is 1. The third-order valence-corrected chi connectivity index (χ3v) is 7.68. The molecule has 1 aliphatic rings. The molecule has 0 spiro atoms. The molecule has 0 radical (unpaired) electrons. The van der Waals surface area contributed by atoms with Gasteiger partial charge in [-0.2, -0.15) is 0 Å². The summed E-state index contributed by atoms with van der Waals surface area (Å²) in [5.41, 5.74) is 1.56. The van der Waals surface area contributed by atoms with E-state index in [0.717, 1.165) is 52.0 Å². The minimum absolute atomic E-state index is 0.00873. The molecule has 33 heavy (non-hydrogen) atoms. The number of hydrogen-bond donors (Lipinski definition) is 1. The number of ether oxygens (including phenoxy) is 2. The van der Waals surface area contributed by atoms with Crippen molar-refractivity contribution in [2.24, 2.45) is 12.5 Å². The third kappa shape index (κ3) is 4.37. The van der Waals surface area contributed by atoms with E-state index in [0.29, 0.717) is 18.0 Å². The molecule has 1 amide bonds. The molecule has 3 heterocycles. The lowest BCUT2D eigenvalue weighted by atomic mass is 9.81. The standard InChI is InChI=1S/C25H31N3O4S/c1-25(24(30)26-2)9-6-10-28(15-25)13-17-12-18-22(33-17)19(14-27(3)23(18)29)16-7-8-20(31-4)21(11-16)32-5/h7-8,11-12,14H,6,9-10,13,15H2,1-5H3,(H,26,30). The molecule has 1 saturated heterocycles. The lowest BCUT2D eigenvalue weighted by molar-refractivity contribution is -0.132. The lowest BCUT2D eigenvalue weighted by Crippen LogP contribution is -2.49. The molecule has 4 rings (SSSR count). The second-order valence-corrected chi connectivity index (χ2v) is 10.1. The van der Waals surface area contributed by atoms with Gasteiger partial charge >= 0.3 is 0 Å². The number of piperidine rings is 1. The maximum atomic E-state index is 12.9. The summed E-state index contributed by atoms with van der Waals surface area (Å²) in [6, 6.07) is 7.82. The summed E-state index contributed by atoms with van der Waals surface area (Å²) in [6.45, 7) is 4.41. The predicted octanol–water partition coefficient (Wildman–Crippen LogP) is 3.63. The zero-order valence-corrected chi connectivity index (χ0v) is 20.7. The van der Waals surface area contributed by atoms with Gasteiger partial charge in [-0.05, 0) is 50.1 Å². The van der Waals surface area contributed by atoms with Crippen LogP contribution in [-0.4, -0.2) is 49.7 Å². The Hall–Kier alpha value is -2.84. The van der Waals surface area contributed by atoms with Crippen molar-refractivity contribution in [2.75, 3.05) is 34.4 Å². The summed E-state index contributed by atoms with van der Waals surface area (Å²) in [5.74, 6) is 1.40. The number of carbonyl (C=O) groups excluding carboxylic acids is 1. The Balaban J connectivity index is 1.71. The first-order valence-electron chi connectivity index (χ1n) is 11.1. The second-order valence-electron chi connectivity index (χ2n) is 8.94. The summed E-state index contributed by atoms with van der Waals surface area (Å²) in [4.78, 5) is 28.8. The van der Waals surface area contributed by atoms with E-state index in [1.54, 1.807) is 44.2 Å². The van der Waals surface area contributed by atoms with Gasteiger partial charge in [0.05, 0.1) is 25.0 Å². The quantitative estimate of drug-likeness (QED) is 0.597. The molecule has 1 unspecified atom stereocenters. The van der Waals surface area contributed by atoms with Gasteiger partial charge in [-0.3, -0.25) is 14.5 Å². The van der Waals surface area contributed by atoms with Gasteiger partial charge in [0.25, 0.3) is 5.56 Å². The lowest BCUT2D eigenvalue weighted by Gasteiger charge is -2.38. The number of aromatic nitrogens is 1. The van der Waals surface area contributed by atoms with Crippen LogP contribution in [0.25, 0.3) is 21.2 Å². The average Bonchev–Trinajstić information content (AvgIpc) is 3.24. The smallest absolute Gasteiger partial charge is 0.259 e. The van der Waals surface area contributed by atoms with Crippen molar-refractivity contribution in [3.8, 4) is 22.6 Å². The van der Waals surface area contributed by atoms with E-state index in [4.69, 9.17) is 9.47 Å². The van der Waals surface area contributed by atoms with Crippen molar-refractivity contribution in [2.45, 2.75) is 26.3 Å². The summed E-state index contributed by atoms with van der Waals surface area (Å²) < 4.78 is 13.5. The minimum atomic E-state index is -0.384. The van der Waals surface area contributed by atoms with Crippen molar-refractivity contribution in [1.82, 2.24) is 14.8 Å². The number of nitrogens with zero attached hydrogens (tertiary/aromatic N) is 2. The van der Waals surface area contributed by atoms with E-state index in [1.165, 1.54) is 0 Å². The maximum Gasteiger partial charge on any atom is 0.259 e. The number of hydrogen-bond acceptors (Lipinski definition) is 6. The van der Waals surface area contributed by atoms with Crippen LogP contribution in [0.1, 0.15) is 24.6 Å². The van der Waals surface area contributed by atoms with Gasteiger partial charge in [0.15, 0.2) is 11.5 Å². The number of fused-ring (bicyclic) bond motifs is 1. The average molecular weight is 470 g/mol. The number of pyridine rings is 1. The van der Waals surface area contributed by atoms with Crippen LogP contribution in [0.4, 0.5) is 0 Å². The highest BCUT2D eigenvalue weighted by Gasteiger charge is 2.37. The molecule has 8 heteroatoms. The molecular weight excluding hydrogens is 438 g/mol. The van der Waals surface area contributed by atoms with Gasteiger partial charge in [-0.15, -0.1) is 11.3 Å². The molecule has 176 valence electrons. The highest BCUT2D eigenvalue weighted by molar-refractivity contribution is 7.19. The number of rotatable bonds is 6. The Labute approximate surface area is 197 Å². The SMILES string of the molecule is CNC(=O)C1(C)CCCN(Cc2cc3c(=O)n(C)cc(-c4ccc(OC)c(OC)c4)c3s2)C1. The zero-order chi connectivity index (χ0) is 23.8. The van der Waals surface area contributed by atoms with Gasteiger partial charge in [0.2, 0.25) is 5.91 Å². The number of methoxy groups -OCH3 is 2. The Morgan fingerprint density at radius 3 is 2.67 bits per heavy atom. The highest BCUT2D eigenvalue weighted by Crippen LogP contribution is 2.38. The summed E-state index contributed by atoms with van der Waals surface area (Å²) in [6.07, 6.45) is 3.75. The zero-order valence-electron chi connectivity index (χ0n) is 19.9. The monoisotopic (exact) mass is 469 g/mol. The topological polar surface area (TPSA) is 72.8 Å². The first-order chi connectivity index (χ1) is 15.8. The molecule has 1 N–H and O–H groups in total. The highest BCUT2D eigenvalue weighted by atomic mass is 32.1. The number of aryl methyl sites for hydroxylation is 1. The van der Waals surface area contributed by atoms with Crippen molar-refractivity contribution in [1.29, 1.82) is 0 Å². The second kappa shape index (κ2) is 9.19. The Kier molecular flexibility index (Phi) is 6.50. The first-order valence-corrected chi connectivity index (χ1v) is 11.9. The summed E-state index contributed by atoms with van der Waals surface area (Å²) >= 11 is 1.65. The summed E-state index contributed by atoms with van der Waals surface area (Å²) in [7, 11) is 6.71. The van der Waals surface area contributed by atoms with Gasteiger partial charge in [-0.1, -0.05) is 6.07 Å². The van der Waals surface area contributed by atoms with Crippen LogP contribution < -0.4 is 20.3 Å². The molecule has 0 bridgehead atoms. The molecule has 1 atom stereocenters. The van der Waals surface area contributed by atoms with Gasteiger partial charge in [0, 0.05) is 48.5 Å². The molecular formula is C25H31N3O4S. The predicted molar refractivity (Wildman–Crippen MR) is 132 cm³/mol. The van der Waals surface area contributed by atoms with Crippen molar-refractivity contribution < 1.29 is 14.3 Å². The van der Waals surface area contributed by atoms with Crippen molar-refractivity contribution >= 4 is 27.3 Å². The van der Waals surface area contributed by atoms with Gasteiger partial charge < -0.3 is 19.4 Å². The summed E-state index contributed by atoms with van der Waals surface area (Å²) in [5, 5.41) is 3.53. The maximum absolute atomic E-state index is 12.9. The number of amides is 1. The van der Waals surface area contributed by atoms with Gasteiger partial charge in [0.1, 0.15) is 0 Å². The van der Waals surface area contributed by atoms with Gasteiger partial charge in [-0.25, -0.2) is 0 Å². The molecule has 0 saturated carbocycles. The van der Waals surface area contributed by atoms with Crippen LogP contribution >= 0.6 is 11.3 Å². The fourth-order valence-corrected chi connectivity index (χ4v) is 6.00. The van der Waals surface area contributed by atoms with Crippen LogP contribution in [0.2, 0.25) is 0 Å². The fourth-order valence-electron chi connectivity index (χ4n) is 4.78. The fraction of sp³-hybridized carbons (Fsp3) is 0.440. The van der Waals surface area contributed by atoms with E-state index >= 15 is 0 Å². The molecule has 1 aromatic carbocycles. The van der Waals surface area contributed by atoms with Crippen molar-refractivity contribution in [3.05, 3.63) is 45.7 Å². The Bertz CT molecular complexity index is 1250.